The van der Waals surface area contributed by atoms with Gasteiger partial charge in [0.15, 0.2) is 5.82 Å². The average Bonchev–Trinajstić information content (AvgIpc) is 2.81. The summed E-state index contributed by atoms with van der Waals surface area (Å²) in [4.78, 5) is 7.91. The Hall–Kier alpha value is -2.24. The largest absolute Gasteiger partial charge is 0.479 e. The summed E-state index contributed by atoms with van der Waals surface area (Å²) in [7, 11) is 1.51. The molecule has 2 aromatic heterocycles. The Balaban J connectivity index is 2.09. The monoisotopic (exact) mass is 220 g/mol. The summed E-state index contributed by atoms with van der Waals surface area (Å²) in [6.07, 6.45) is 4.66. The van der Waals surface area contributed by atoms with Crippen molar-refractivity contribution in [2.45, 2.75) is 6.54 Å². The van der Waals surface area contributed by atoms with E-state index in [0.29, 0.717) is 23.9 Å². The second-order valence-corrected chi connectivity index (χ2v) is 3.13. The number of aromatic nitrogens is 2. The molecule has 3 N–H and O–H groups in total. The maximum Gasteiger partial charge on any atom is 0.242 e. The van der Waals surface area contributed by atoms with Crippen LogP contribution in [0.4, 0.5) is 11.5 Å². The first-order chi connectivity index (χ1) is 7.81. The van der Waals surface area contributed by atoms with Crippen molar-refractivity contribution in [3.8, 4) is 5.88 Å². The second kappa shape index (κ2) is 4.52. The van der Waals surface area contributed by atoms with E-state index in [2.05, 4.69) is 15.3 Å². The number of nitrogens with one attached hydrogen (secondary N) is 1. The van der Waals surface area contributed by atoms with Crippen LogP contribution in [0.5, 0.6) is 5.88 Å². The highest BCUT2D eigenvalue weighted by molar-refractivity contribution is 5.66. The van der Waals surface area contributed by atoms with Crippen LogP contribution in [0.2, 0.25) is 0 Å². The van der Waals surface area contributed by atoms with Crippen LogP contribution in [0.25, 0.3) is 0 Å². The molecule has 0 saturated carbocycles. The van der Waals surface area contributed by atoms with E-state index in [0.717, 1.165) is 5.56 Å². The molecule has 2 aromatic rings. The second-order valence-electron chi connectivity index (χ2n) is 3.13. The SMILES string of the molecule is COc1ncnc(NCc2ccoc2)c1N. The Kier molecular flexibility index (Phi) is 2.90. The lowest BCUT2D eigenvalue weighted by Gasteiger charge is -2.08. The van der Waals surface area contributed by atoms with Gasteiger partial charge >= 0.3 is 0 Å². The highest BCUT2D eigenvalue weighted by Gasteiger charge is 2.07. The predicted octanol–water partition coefficient (Wildman–Crippen LogP) is 1.27. The van der Waals surface area contributed by atoms with Gasteiger partial charge in [-0.3, -0.25) is 0 Å². The third-order valence-corrected chi connectivity index (χ3v) is 2.08. The molecule has 84 valence electrons. The average molecular weight is 220 g/mol. The molecule has 16 heavy (non-hydrogen) atoms. The zero-order valence-electron chi connectivity index (χ0n) is 8.80. The Bertz CT molecular complexity index is 456. The van der Waals surface area contributed by atoms with Crippen LogP contribution >= 0.6 is 0 Å². The van der Waals surface area contributed by atoms with E-state index in [9.17, 15) is 0 Å². The number of nitrogens with two attached hydrogens (primary N) is 1. The molecule has 0 radical (unpaired) electrons. The van der Waals surface area contributed by atoms with Gasteiger partial charge in [0.25, 0.3) is 0 Å². The maximum atomic E-state index is 5.80. The van der Waals surface area contributed by atoms with E-state index in [1.165, 1.54) is 13.4 Å². The molecule has 0 unspecified atom stereocenters. The number of rotatable bonds is 4. The molecule has 6 heteroatoms. The number of ether oxygens (including phenoxy) is 1. The zero-order valence-corrected chi connectivity index (χ0v) is 8.80. The molecule has 0 amide bonds. The predicted molar refractivity (Wildman–Crippen MR) is 59.0 cm³/mol. The summed E-state index contributed by atoms with van der Waals surface area (Å²) < 4.78 is 9.94. The van der Waals surface area contributed by atoms with Crippen LogP contribution in [-0.2, 0) is 6.54 Å². The number of methoxy groups -OCH3 is 1. The topological polar surface area (TPSA) is 86.2 Å². The van der Waals surface area contributed by atoms with Gasteiger partial charge < -0.3 is 20.2 Å². The molecule has 0 aliphatic rings. The van der Waals surface area contributed by atoms with Crippen LogP contribution in [0, 0.1) is 0 Å². The molecular weight excluding hydrogens is 208 g/mol. The minimum Gasteiger partial charge on any atom is -0.479 e. The van der Waals surface area contributed by atoms with Crippen molar-refractivity contribution >= 4 is 11.5 Å². The number of hydrogen-bond donors (Lipinski definition) is 2. The van der Waals surface area contributed by atoms with E-state index in [1.807, 2.05) is 6.07 Å². The van der Waals surface area contributed by atoms with Crippen LogP contribution < -0.4 is 15.8 Å². The van der Waals surface area contributed by atoms with Crippen molar-refractivity contribution in [2.75, 3.05) is 18.2 Å². The van der Waals surface area contributed by atoms with Crippen molar-refractivity contribution in [3.05, 3.63) is 30.5 Å². The van der Waals surface area contributed by atoms with Gasteiger partial charge in [-0.05, 0) is 6.07 Å². The zero-order chi connectivity index (χ0) is 11.4. The summed E-state index contributed by atoms with van der Waals surface area (Å²) in [5.74, 6) is 0.915. The van der Waals surface area contributed by atoms with Crippen LogP contribution in [0.1, 0.15) is 5.56 Å². The lowest BCUT2D eigenvalue weighted by atomic mass is 10.3. The van der Waals surface area contributed by atoms with Gasteiger partial charge in [0, 0.05) is 12.1 Å². The van der Waals surface area contributed by atoms with E-state index in [-0.39, 0.29) is 0 Å². The lowest BCUT2D eigenvalue weighted by molar-refractivity contribution is 0.399. The molecule has 2 rings (SSSR count). The fraction of sp³-hybridized carbons (Fsp3) is 0.200. The van der Waals surface area contributed by atoms with Gasteiger partial charge in [-0.15, -0.1) is 0 Å². The third kappa shape index (κ3) is 2.05. The van der Waals surface area contributed by atoms with Gasteiger partial charge in [-0.25, -0.2) is 4.98 Å². The highest BCUT2D eigenvalue weighted by atomic mass is 16.5. The van der Waals surface area contributed by atoms with Crippen molar-refractivity contribution in [1.29, 1.82) is 0 Å². The summed E-state index contributed by atoms with van der Waals surface area (Å²) in [5.41, 5.74) is 7.21. The smallest absolute Gasteiger partial charge is 0.242 e. The lowest BCUT2D eigenvalue weighted by Crippen LogP contribution is -2.06. The minimum absolute atomic E-state index is 0.365. The first-order valence-corrected chi connectivity index (χ1v) is 4.70. The number of anilines is 2. The van der Waals surface area contributed by atoms with Crippen LogP contribution in [-0.4, -0.2) is 17.1 Å². The van der Waals surface area contributed by atoms with Gasteiger partial charge in [0.1, 0.15) is 12.0 Å². The molecule has 0 atom stereocenters. The fourth-order valence-corrected chi connectivity index (χ4v) is 1.26. The molecule has 0 bridgehead atoms. The van der Waals surface area contributed by atoms with Gasteiger partial charge in [0.05, 0.1) is 19.6 Å². The maximum absolute atomic E-state index is 5.80. The van der Waals surface area contributed by atoms with Crippen molar-refractivity contribution in [2.24, 2.45) is 0 Å². The summed E-state index contributed by atoms with van der Waals surface area (Å²) in [6, 6.07) is 1.86. The molecular formula is C10H12N4O2. The number of furan rings is 1. The molecule has 0 saturated heterocycles. The van der Waals surface area contributed by atoms with Gasteiger partial charge in [-0.2, -0.15) is 4.98 Å². The minimum atomic E-state index is 0.365. The molecule has 0 fully saturated rings. The number of nitrogens with zero attached hydrogens (tertiary/aromatic N) is 2. The van der Waals surface area contributed by atoms with E-state index in [4.69, 9.17) is 14.9 Å². The Morgan fingerprint density at radius 3 is 3.06 bits per heavy atom. The van der Waals surface area contributed by atoms with Gasteiger partial charge in [0.2, 0.25) is 5.88 Å². The molecule has 2 heterocycles. The van der Waals surface area contributed by atoms with Gasteiger partial charge in [-0.1, -0.05) is 0 Å². The van der Waals surface area contributed by atoms with Crippen LogP contribution in [0.15, 0.2) is 29.3 Å². The Morgan fingerprint density at radius 1 is 1.50 bits per heavy atom. The van der Waals surface area contributed by atoms with Crippen molar-refractivity contribution in [3.63, 3.8) is 0 Å². The van der Waals surface area contributed by atoms with Crippen molar-refractivity contribution < 1.29 is 9.15 Å². The molecule has 0 aliphatic heterocycles. The first kappa shape index (κ1) is 10.3. The summed E-state index contributed by atoms with van der Waals surface area (Å²) in [5, 5.41) is 3.07. The van der Waals surface area contributed by atoms with E-state index in [1.54, 1.807) is 12.5 Å². The summed E-state index contributed by atoms with van der Waals surface area (Å²) >= 11 is 0. The standard InChI is InChI=1S/C10H12N4O2/c1-15-10-8(11)9(13-6-14-10)12-4-7-2-3-16-5-7/h2-3,5-6H,4,11H2,1H3,(H,12,13,14). The summed E-state index contributed by atoms with van der Waals surface area (Å²) in [6.45, 7) is 0.584. The third-order valence-electron chi connectivity index (χ3n) is 2.08. The normalized spacial score (nSPS) is 10.1. The van der Waals surface area contributed by atoms with E-state index < -0.39 is 0 Å². The van der Waals surface area contributed by atoms with Crippen LogP contribution in [0.3, 0.4) is 0 Å². The van der Waals surface area contributed by atoms with Crippen molar-refractivity contribution in [1.82, 2.24) is 9.97 Å². The Labute approximate surface area is 92.5 Å². The highest BCUT2D eigenvalue weighted by Crippen LogP contribution is 2.24. The molecule has 0 aromatic carbocycles. The Morgan fingerprint density at radius 2 is 2.38 bits per heavy atom. The first-order valence-electron chi connectivity index (χ1n) is 4.70. The molecule has 0 spiro atoms. The fourth-order valence-electron chi connectivity index (χ4n) is 1.26. The number of nitrogen functional groups attached to an aromatic ring is 1. The molecule has 6 nitrogen and oxygen atoms in total. The van der Waals surface area contributed by atoms with E-state index >= 15 is 0 Å². The quantitative estimate of drug-likeness (QED) is 0.807. The molecule has 0 aliphatic carbocycles. The number of hydrogen-bond acceptors (Lipinski definition) is 6.